The number of carbonyl (C=O) groups is 1. The molecule has 2 aromatic rings. The molecule has 0 unspecified atom stereocenters. The van der Waals surface area contributed by atoms with Crippen molar-refractivity contribution in [2.24, 2.45) is 4.99 Å². The van der Waals surface area contributed by atoms with E-state index in [1.165, 1.54) is 6.08 Å². The largest absolute Gasteiger partial charge is 0.380 e. The fourth-order valence-corrected chi connectivity index (χ4v) is 2.92. The summed E-state index contributed by atoms with van der Waals surface area (Å²) in [5, 5.41) is 15.1. The highest BCUT2D eigenvalue weighted by Gasteiger charge is 2.29. The molecular weight excluding hydrogens is 316 g/mol. The molecule has 0 saturated heterocycles. The molecule has 0 fully saturated rings. The normalized spacial score (nSPS) is 16.6. The number of amidine groups is 1. The van der Waals surface area contributed by atoms with Gasteiger partial charge >= 0.3 is 0 Å². The van der Waals surface area contributed by atoms with E-state index in [2.05, 4.69) is 33.5 Å². The van der Waals surface area contributed by atoms with E-state index in [-0.39, 0.29) is 5.84 Å². The lowest BCUT2D eigenvalue weighted by Gasteiger charge is -2.27. The zero-order valence-corrected chi connectivity index (χ0v) is 14.6. The molecule has 0 bridgehead atoms. The molecule has 130 valence electrons. The molecule has 0 saturated carbocycles. The molecule has 1 aliphatic rings. The number of hydrogen-bond acceptors (Lipinski definition) is 4. The van der Waals surface area contributed by atoms with Crippen molar-refractivity contribution in [3.8, 4) is 0 Å². The van der Waals surface area contributed by atoms with Crippen LogP contribution in [-0.4, -0.2) is 33.5 Å². The first kappa shape index (κ1) is 17.0. The van der Waals surface area contributed by atoms with Crippen LogP contribution in [0.15, 0.2) is 58.4 Å². The maximum absolute atomic E-state index is 12.1. The lowest BCUT2D eigenvalue weighted by Crippen LogP contribution is -2.41. The second-order valence-corrected chi connectivity index (χ2v) is 6.13. The van der Waals surface area contributed by atoms with Crippen molar-refractivity contribution in [2.45, 2.75) is 27.3 Å². The van der Waals surface area contributed by atoms with Gasteiger partial charge in [-0.05, 0) is 43.9 Å². The molecule has 0 spiro atoms. The smallest absolute Gasteiger partial charge is 0.278 e. The standard InChI is InChI=1S/C19H22N4O2/c1-4-20-19-18(12(2)3)16(10-17(24)23(19)25)22-11-13-5-6-14-7-8-21-15(14)9-13/h5-10,21-22,25H,4,11H2,1-3H3. The number of aromatic nitrogens is 1. The summed E-state index contributed by atoms with van der Waals surface area (Å²) in [5.41, 5.74) is 4.57. The highest BCUT2D eigenvalue weighted by atomic mass is 16.5. The molecule has 6 nitrogen and oxygen atoms in total. The minimum atomic E-state index is -0.500. The number of amides is 1. The first-order valence-corrected chi connectivity index (χ1v) is 8.28. The molecule has 25 heavy (non-hydrogen) atoms. The summed E-state index contributed by atoms with van der Waals surface area (Å²) in [6.45, 7) is 6.78. The number of nitrogens with zero attached hydrogens (tertiary/aromatic N) is 2. The first-order valence-electron chi connectivity index (χ1n) is 8.28. The van der Waals surface area contributed by atoms with Crippen LogP contribution in [0, 0.1) is 0 Å². The van der Waals surface area contributed by atoms with Gasteiger partial charge in [0, 0.05) is 36.5 Å². The number of rotatable bonds is 4. The summed E-state index contributed by atoms with van der Waals surface area (Å²) in [4.78, 5) is 19.5. The third-order valence-electron chi connectivity index (χ3n) is 4.08. The zero-order chi connectivity index (χ0) is 18.0. The molecular formula is C19H22N4O2. The molecule has 1 aliphatic heterocycles. The lowest BCUT2D eigenvalue weighted by molar-refractivity contribution is -0.143. The number of aliphatic imine (C=N–C) groups is 1. The minimum Gasteiger partial charge on any atom is -0.380 e. The highest BCUT2D eigenvalue weighted by molar-refractivity contribution is 6.15. The van der Waals surface area contributed by atoms with Crippen LogP contribution in [0.25, 0.3) is 10.9 Å². The Hall–Kier alpha value is -2.86. The number of benzene rings is 1. The Balaban J connectivity index is 1.88. The summed E-state index contributed by atoms with van der Waals surface area (Å²) >= 11 is 0. The van der Waals surface area contributed by atoms with E-state index in [0.29, 0.717) is 23.8 Å². The predicted molar refractivity (Wildman–Crippen MR) is 98.2 cm³/mol. The van der Waals surface area contributed by atoms with Crippen LogP contribution >= 0.6 is 0 Å². The Morgan fingerprint density at radius 1 is 1.32 bits per heavy atom. The summed E-state index contributed by atoms with van der Waals surface area (Å²) in [6.07, 6.45) is 3.32. The minimum absolute atomic E-state index is 0.289. The number of H-pyrrole nitrogens is 1. The fourth-order valence-electron chi connectivity index (χ4n) is 2.92. The van der Waals surface area contributed by atoms with Gasteiger partial charge in [-0.3, -0.25) is 15.0 Å². The molecule has 1 aromatic heterocycles. The van der Waals surface area contributed by atoms with E-state index >= 15 is 0 Å². The topological polar surface area (TPSA) is 80.7 Å². The van der Waals surface area contributed by atoms with E-state index in [1.807, 2.05) is 33.0 Å². The Kier molecular flexibility index (Phi) is 4.72. The predicted octanol–water partition coefficient (Wildman–Crippen LogP) is 3.13. The van der Waals surface area contributed by atoms with E-state index in [4.69, 9.17) is 0 Å². The average Bonchev–Trinajstić information content (AvgIpc) is 3.04. The van der Waals surface area contributed by atoms with Gasteiger partial charge in [-0.25, -0.2) is 0 Å². The molecule has 0 aliphatic carbocycles. The maximum Gasteiger partial charge on any atom is 0.278 e. The van der Waals surface area contributed by atoms with Crippen LogP contribution in [0.3, 0.4) is 0 Å². The third-order valence-corrected chi connectivity index (χ3v) is 4.08. The van der Waals surface area contributed by atoms with Crippen LogP contribution < -0.4 is 5.32 Å². The first-order chi connectivity index (χ1) is 12.0. The van der Waals surface area contributed by atoms with Gasteiger partial charge in [0.1, 0.15) is 0 Å². The van der Waals surface area contributed by atoms with Gasteiger partial charge in [-0.2, -0.15) is 5.06 Å². The number of carbonyl (C=O) groups excluding carboxylic acids is 1. The SMILES string of the molecule is CCN=C1C(=C(C)C)C(NCc2ccc3cc[nH]c3c2)=CC(=O)N1O. The Morgan fingerprint density at radius 2 is 2.12 bits per heavy atom. The maximum atomic E-state index is 12.1. The molecule has 1 aromatic carbocycles. The highest BCUT2D eigenvalue weighted by Crippen LogP contribution is 2.22. The Bertz CT molecular complexity index is 901. The molecule has 3 N–H and O–H groups in total. The number of nitrogens with one attached hydrogen (secondary N) is 2. The quantitative estimate of drug-likeness (QED) is 0.749. The molecule has 1 amide bonds. The molecule has 3 rings (SSSR count). The second-order valence-electron chi connectivity index (χ2n) is 6.13. The van der Waals surface area contributed by atoms with E-state index < -0.39 is 5.91 Å². The third kappa shape index (κ3) is 3.34. The molecule has 6 heteroatoms. The lowest BCUT2D eigenvalue weighted by atomic mass is 10.0. The van der Waals surface area contributed by atoms with Crippen LogP contribution in [0.5, 0.6) is 0 Å². The van der Waals surface area contributed by atoms with Gasteiger partial charge < -0.3 is 10.3 Å². The second kappa shape index (κ2) is 6.94. The number of allylic oxidation sites excluding steroid dienone is 1. The van der Waals surface area contributed by atoms with E-state index in [1.54, 1.807) is 0 Å². The number of fused-ring (bicyclic) bond motifs is 1. The number of aromatic amines is 1. The van der Waals surface area contributed by atoms with Crippen molar-refractivity contribution in [1.82, 2.24) is 15.4 Å². The summed E-state index contributed by atoms with van der Waals surface area (Å²) < 4.78 is 0. The zero-order valence-electron chi connectivity index (χ0n) is 14.6. The molecule has 0 radical (unpaired) electrons. The van der Waals surface area contributed by atoms with Gasteiger partial charge in [0.25, 0.3) is 5.91 Å². The van der Waals surface area contributed by atoms with Crippen LogP contribution in [0.2, 0.25) is 0 Å². The monoisotopic (exact) mass is 338 g/mol. The summed E-state index contributed by atoms with van der Waals surface area (Å²) in [5.74, 6) is -0.211. The van der Waals surface area contributed by atoms with Gasteiger partial charge in [0.05, 0.1) is 5.70 Å². The Morgan fingerprint density at radius 3 is 2.84 bits per heavy atom. The van der Waals surface area contributed by atoms with Crippen LogP contribution in [-0.2, 0) is 11.3 Å². The van der Waals surface area contributed by atoms with Gasteiger partial charge in [-0.1, -0.05) is 17.7 Å². The van der Waals surface area contributed by atoms with Gasteiger partial charge in [0.15, 0.2) is 5.84 Å². The van der Waals surface area contributed by atoms with Gasteiger partial charge in [0.2, 0.25) is 0 Å². The van der Waals surface area contributed by atoms with E-state index in [9.17, 15) is 10.0 Å². The summed E-state index contributed by atoms with van der Waals surface area (Å²) in [6, 6.07) is 8.22. The fraction of sp³-hybridized carbons (Fsp3) is 0.263. The summed E-state index contributed by atoms with van der Waals surface area (Å²) in [7, 11) is 0. The van der Waals surface area contributed by atoms with Crippen molar-refractivity contribution in [3.05, 3.63) is 58.9 Å². The number of hydroxylamine groups is 2. The molecule has 2 heterocycles. The number of hydrogen-bond donors (Lipinski definition) is 3. The van der Waals surface area contributed by atoms with Crippen molar-refractivity contribution in [1.29, 1.82) is 0 Å². The molecule has 0 atom stereocenters. The van der Waals surface area contributed by atoms with Crippen LogP contribution in [0.4, 0.5) is 0 Å². The van der Waals surface area contributed by atoms with Crippen LogP contribution in [0.1, 0.15) is 26.3 Å². The van der Waals surface area contributed by atoms with Crippen molar-refractivity contribution in [2.75, 3.05) is 6.54 Å². The van der Waals surface area contributed by atoms with E-state index in [0.717, 1.165) is 27.6 Å². The van der Waals surface area contributed by atoms with Crippen molar-refractivity contribution in [3.63, 3.8) is 0 Å². The Labute approximate surface area is 146 Å². The average molecular weight is 338 g/mol. The van der Waals surface area contributed by atoms with Crippen molar-refractivity contribution < 1.29 is 10.0 Å². The van der Waals surface area contributed by atoms with Crippen molar-refractivity contribution >= 4 is 22.6 Å². The van der Waals surface area contributed by atoms with Gasteiger partial charge in [-0.15, -0.1) is 0 Å².